The second-order valence-electron chi connectivity index (χ2n) is 1.63. The van der Waals surface area contributed by atoms with E-state index in [9.17, 15) is 10.1 Å². The maximum atomic E-state index is 10.2. The van der Waals surface area contributed by atoms with E-state index in [2.05, 4.69) is 5.32 Å². The highest BCUT2D eigenvalue weighted by atomic mass is 32.2. The Hall–Kier alpha value is -0.710. The fourth-order valence-corrected chi connectivity index (χ4v) is 1.09. The van der Waals surface area contributed by atoms with Gasteiger partial charge in [-0.15, -0.1) is 11.8 Å². The molecule has 0 saturated heterocycles. The summed E-state index contributed by atoms with van der Waals surface area (Å²) in [5.74, 6) is 0. The summed E-state index contributed by atoms with van der Waals surface area (Å²) >= 11 is 1.33. The molecule has 58 valence electrons. The van der Waals surface area contributed by atoms with Crippen LogP contribution in [0.1, 0.15) is 6.92 Å². The molecule has 0 aromatic carbocycles. The topological polar surface area (TPSA) is 55.2 Å². The second-order valence-corrected chi connectivity index (χ2v) is 2.44. The van der Waals surface area contributed by atoms with Crippen LogP contribution in [0.25, 0.3) is 0 Å². The molecule has 0 aliphatic carbocycles. The van der Waals surface area contributed by atoms with Crippen LogP contribution in [0.15, 0.2) is 10.7 Å². The van der Waals surface area contributed by atoms with Gasteiger partial charge in [0.05, 0.1) is 4.92 Å². The van der Waals surface area contributed by atoms with Gasteiger partial charge in [-0.3, -0.25) is 10.1 Å². The summed E-state index contributed by atoms with van der Waals surface area (Å²) in [6.07, 6.45) is 1.79. The molecule has 4 nitrogen and oxygen atoms in total. The number of allylic oxidation sites excluding steroid dienone is 1. The van der Waals surface area contributed by atoms with Gasteiger partial charge in [-0.1, -0.05) is 0 Å². The van der Waals surface area contributed by atoms with Gasteiger partial charge >= 0.3 is 0 Å². The van der Waals surface area contributed by atoms with Crippen molar-refractivity contribution in [1.82, 2.24) is 5.32 Å². The van der Waals surface area contributed by atoms with Crippen molar-refractivity contribution >= 4 is 11.8 Å². The van der Waals surface area contributed by atoms with E-state index in [1.165, 1.54) is 18.7 Å². The molecule has 0 rings (SSSR count). The van der Waals surface area contributed by atoms with Gasteiger partial charge in [-0.05, 0) is 6.26 Å². The maximum Gasteiger partial charge on any atom is 0.272 e. The van der Waals surface area contributed by atoms with E-state index < -0.39 is 4.92 Å². The highest BCUT2D eigenvalue weighted by molar-refractivity contribution is 8.02. The van der Waals surface area contributed by atoms with Crippen LogP contribution in [0.2, 0.25) is 0 Å². The molecule has 0 heterocycles. The number of thioether (sulfide) groups is 1. The fraction of sp³-hybridized carbons (Fsp3) is 0.600. The Bertz CT molecular complexity index is 161. The van der Waals surface area contributed by atoms with E-state index in [4.69, 9.17) is 0 Å². The molecule has 0 radical (unpaired) electrons. The predicted octanol–water partition coefficient (Wildman–Crippen LogP) is 1.03. The first-order valence-corrected chi connectivity index (χ1v) is 3.93. The number of rotatable bonds is 3. The number of hydrogen-bond acceptors (Lipinski definition) is 4. The molecule has 0 atom stereocenters. The Morgan fingerprint density at radius 3 is 2.30 bits per heavy atom. The molecule has 1 N–H and O–H groups in total. The number of hydrogen-bond donors (Lipinski definition) is 1. The zero-order valence-corrected chi connectivity index (χ0v) is 6.99. The van der Waals surface area contributed by atoms with Crippen LogP contribution in [-0.4, -0.2) is 18.2 Å². The molecular formula is C5H10N2O2S. The van der Waals surface area contributed by atoms with E-state index in [1.54, 1.807) is 13.3 Å². The summed E-state index contributed by atoms with van der Waals surface area (Å²) in [5.41, 5.74) is 0.162. The van der Waals surface area contributed by atoms with E-state index in [-0.39, 0.29) is 5.70 Å². The molecule has 0 unspecified atom stereocenters. The summed E-state index contributed by atoms with van der Waals surface area (Å²) < 4.78 is 0. The van der Waals surface area contributed by atoms with Crippen LogP contribution < -0.4 is 5.32 Å². The summed E-state index contributed by atoms with van der Waals surface area (Å²) in [4.78, 5) is 9.75. The summed E-state index contributed by atoms with van der Waals surface area (Å²) in [5, 5.41) is 13.5. The van der Waals surface area contributed by atoms with Crippen molar-refractivity contribution in [2.24, 2.45) is 0 Å². The normalized spacial score (nSPS) is 12.3. The van der Waals surface area contributed by atoms with Crippen LogP contribution in [0.3, 0.4) is 0 Å². The lowest BCUT2D eigenvalue weighted by molar-refractivity contribution is -0.425. The minimum absolute atomic E-state index is 0.162. The van der Waals surface area contributed by atoms with Gasteiger partial charge in [0.1, 0.15) is 5.03 Å². The standard InChI is InChI=1S/C5H10N2O2S/c1-4(7(8)9)5(6-2)10-3/h6H,1-3H3. The van der Waals surface area contributed by atoms with E-state index in [1.807, 2.05) is 0 Å². The smallest absolute Gasteiger partial charge is 0.272 e. The Balaban J connectivity index is 4.43. The molecule has 0 fully saturated rings. The molecule has 0 saturated carbocycles. The minimum Gasteiger partial charge on any atom is -0.378 e. The third-order valence-corrected chi connectivity index (χ3v) is 1.94. The first kappa shape index (κ1) is 9.29. The lowest BCUT2D eigenvalue weighted by Gasteiger charge is -2.00. The molecule has 0 aliphatic rings. The van der Waals surface area contributed by atoms with Gasteiger partial charge < -0.3 is 5.32 Å². The van der Waals surface area contributed by atoms with E-state index >= 15 is 0 Å². The number of nitrogens with zero attached hydrogens (tertiary/aromatic N) is 1. The second kappa shape index (κ2) is 4.16. The first-order chi connectivity index (χ1) is 4.63. The van der Waals surface area contributed by atoms with Gasteiger partial charge in [0.2, 0.25) is 0 Å². The minimum atomic E-state index is -0.400. The first-order valence-electron chi connectivity index (χ1n) is 2.70. The van der Waals surface area contributed by atoms with Crippen molar-refractivity contribution in [1.29, 1.82) is 0 Å². The molecule has 0 amide bonds. The summed E-state index contributed by atoms with van der Waals surface area (Å²) in [6.45, 7) is 1.47. The Kier molecular flexibility index (Phi) is 3.87. The zero-order chi connectivity index (χ0) is 8.15. The Labute approximate surface area is 63.8 Å². The monoisotopic (exact) mass is 162 g/mol. The molecule has 10 heavy (non-hydrogen) atoms. The van der Waals surface area contributed by atoms with Gasteiger partial charge in [0.25, 0.3) is 5.70 Å². The van der Waals surface area contributed by atoms with Crippen molar-refractivity contribution in [3.05, 3.63) is 20.8 Å². The molecule has 0 aromatic heterocycles. The van der Waals surface area contributed by atoms with Crippen LogP contribution in [-0.2, 0) is 0 Å². The average molecular weight is 162 g/mol. The highest BCUT2D eigenvalue weighted by Gasteiger charge is 2.08. The van der Waals surface area contributed by atoms with Crippen LogP contribution >= 0.6 is 11.8 Å². The van der Waals surface area contributed by atoms with Crippen LogP contribution in [0.4, 0.5) is 0 Å². The SMILES string of the molecule is CNC(SC)=C(C)[N+](=O)[O-]. The quantitative estimate of drug-likeness (QED) is 0.497. The fourth-order valence-electron chi connectivity index (χ4n) is 0.514. The van der Waals surface area contributed by atoms with Gasteiger partial charge in [-0.25, -0.2) is 0 Å². The Morgan fingerprint density at radius 2 is 2.20 bits per heavy atom. The van der Waals surface area contributed by atoms with Crippen molar-refractivity contribution in [3.63, 3.8) is 0 Å². The molecular weight excluding hydrogens is 152 g/mol. The van der Waals surface area contributed by atoms with Crippen molar-refractivity contribution in [3.8, 4) is 0 Å². The van der Waals surface area contributed by atoms with Crippen LogP contribution in [0.5, 0.6) is 0 Å². The zero-order valence-electron chi connectivity index (χ0n) is 6.17. The van der Waals surface area contributed by atoms with Gasteiger partial charge in [0.15, 0.2) is 0 Å². The lowest BCUT2D eigenvalue weighted by Crippen LogP contribution is -2.08. The lowest BCUT2D eigenvalue weighted by atomic mass is 10.5. The van der Waals surface area contributed by atoms with E-state index in [0.29, 0.717) is 5.03 Å². The van der Waals surface area contributed by atoms with Gasteiger partial charge in [-0.2, -0.15) is 0 Å². The molecule has 0 aliphatic heterocycles. The van der Waals surface area contributed by atoms with E-state index in [0.717, 1.165) is 0 Å². The Morgan fingerprint density at radius 1 is 1.70 bits per heavy atom. The summed E-state index contributed by atoms with van der Waals surface area (Å²) in [6, 6.07) is 0. The third-order valence-electron chi connectivity index (χ3n) is 1.03. The predicted molar refractivity (Wildman–Crippen MR) is 42.3 cm³/mol. The highest BCUT2D eigenvalue weighted by Crippen LogP contribution is 2.12. The largest absolute Gasteiger partial charge is 0.378 e. The molecule has 5 heteroatoms. The maximum absolute atomic E-state index is 10.2. The van der Waals surface area contributed by atoms with Crippen LogP contribution in [0, 0.1) is 10.1 Å². The van der Waals surface area contributed by atoms with Crippen molar-refractivity contribution < 1.29 is 4.92 Å². The molecule has 0 bridgehead atoms. The number of nitrogens with one attached hydrogen (secondary N) is 1. The van der Waals surface area contributed by atoms with Crippen molar-refractivity contribution in [2.45, 2.75) is 6.92 Å². The number of nitro groups is 1. The average Bonchev–Trinajstić information content (AvgIpc) is 1.90. The molecule has 0 spiro atoms. The summed E-state index contributed by atoms with van der Waals surface area (Å²) in [7, 11) is 1.67. The van der Waals surface area contributed by atoms with Gasteiger partial charge in [0, 0.05) is 14.0 Å². The third kappa shape index (κ3) is 2.26. The van der Waals surface area contributed by atoms with Crippen molar-refractivity contribution in [2.75, 3.05) is 13.3 Å². The molecule has 0 aromatic rings.